The zero-order chi connectivity index (χ0) is 21.7. The van der Waals surface area contributed by atoms with Crippen molar-refractivity contribution in [2.45, 2.75) is 33.3 Å². The third-order valence-corrected chi connectivity index (χ3v) is 4.50. The molecule has 1 heterocycles. The van der Waals surface area contributed by atoms with Crippen molar-refractivity contribution in [2.24, 2.45) is 0 Å². The molecule has 0 saturated carbocycles. The maximum atomic E-state index is 12.6. The quantitative estimate of drug-likeness (QED) is 0.543. The fraction of sp³-hybridized carbons (Fsp3) is 0.261. The molecule has 0 spiro atoms. The number of rotatable bonds is 7. The van der Waals surface area contributed by atoms with Crippen molar-refractivity contribution in [3.63, 3.8) is 0 Å². The normalized spacial score (nSPS) is 14.9. The van der Waals surface area contributed by atoms with E-state index in [1.807, 2.05) is 39.0 Å². The van der Waals surface area contributed by atoms with Gasteiger partial charge in [0, 0.05) is 5.69 Å². The molecule has 1 aliphatic rings. The molecule has 0 bridgehead atoms. The van der Waals surface area contributed by atoms with E-state index in [4.69, 9.17) is 4.74 Å². The number of nitrogens with zero attached hydrogens (tertiary/aromatic N) is 1. The van der Waals surface area contributed by atoms with E-state index in [1.165, 1.54) is 0 Å². The van der Waals surface area contributed by atoms with Gasteiger partial charge in [-0.2, -0.15) is 0 Å². The van der Waals surface area contributed by atoms with Crippen LogP contribution in [0, 0.1) is 0 Å². The number of amides is 4. The van der Waals surface area contributed by atoms with Gasteiger partial charge in [-0.15, -0.1) is 0 Å². The second kappa shape index (κ2) is 9.26. The SMILES string of the molecule is CCc1ccccc1NC(=O)CN1C(=O)N/C(=C/c2ccc(OC(C)C)cc2)C1=O. The largest absolute Gasteiger partial charge is 0.491 e. The molecule has 1 saturated heterocycles. The summed E-state index contributed by atoms with van der Waals surface area (Å²) in [5, 5.41) is 5.30. The van der Waals surface area contributed by atoms with Gasteiger partial charge in [-0.3, -0.25) is 9.59 Å². The Labute approximate surface area is 175 Å². The number of para-hydroxylation sites is 1. The van der Waals surface area contributed by atoms with E-state index < -0.39 is 17.8 Å². The highest BCUT2D eigenvalue weighted by molar-refractivity contribution is 6.16. The number of hydrogen-bond donors (Lipinski definition) is 2. The molecule has 2 aromatic rings. The van der Waals surface area contributed by atoms with Crippen LogP contribution in [0.25, 0.3) is 6.08 Å². The van der Waals surface area contributed by atoms with Gasteiger partial charge in [0.15, 0.2) is 0 Å². The van der Waals surface area contributed by atoms with Crippen molar-refractivity contribution >= 4 is 29.6 Å². The second-order valence-electron chi connectivity index (χ2n) is 7.17. The van der Waals surface area contributed by atoms with Crippen LogP contribution in [0.2, 0.25) is 0 Å². The number of anilines is 1. The number of ether oxygens (including phenoxy) is 1. The highest BCUT2D eigenvalue weighted by Gasteiger charge is 2.34. The molecule has 0 atom stereocenters. The fourth-order valence-electron chi connectivity index (χ4n) is 3.08. The van der Waals surface area contributed by atoms with E-state index in [0.29, 0.717) is 5.69 Å². The maximum Gasteiger partial charge on any atom is 0.329 e. The molecule has 0 aromatic heterocycles. The van der Waals surface area contributed by atoms with E-state index in [1.54, 1.807) is 36.4 Å². The number of carbonyl (C=O) groups excluding carboxylic acids is 3. The monoisotopic (exact) mass is 407 g/mol. The number of imide groups is 1. The number of hydrogen-bond acceptors (Lipinski definition) is 4. The van der Waals surface area contributed by atoms with E-state index in [9.17, 15) is 14.4 Å². The topological polar surface area (TPSA) is 87.7 Å². The first-order valence-corrected chi connectivity index (χ1v) is 9.86. The van der Waals surface area contributed by atoms with Crippen molar-refractivity contribution in [3.8, 4) is 5.75 Å². The average Bonchev–Trinajstić information content (AvgIpc) is 2.97. The molecule has 3 rings (SSSR count). The fourth-order valence-corrected chi connectivity index (χ4v) is 3.08. The van der Waals surface area contributed by atoms with Crippen LogP contribution in [-0.4, -0.2) is 35.4 Å². The first-order chi connectivity index (χ1) is 14.4. The number of urea groups is 1. The van der Waals surface area contributed by atoms with Crippen LogP contribution in [-0.2, 0) is 16.0 Å². The summed E-state index contributed by atoms with van der Waals surface area (Å²) in [7, 11) is 0. The minimum absolute atomic E-state index is 0.0638. The Bertz CT molecular complexity index is 980. The zero-order valence-electron chi connectivity index (χ0n) is 17.3. The summed E-state index contributed by atoms with van der Waals surface area (Å²) in [6, 6.07) is 14.0. The third kappa shape index (κ3) is 5.05. The van der Waals surface area contributed by atoms with Crippen molar-refractivity contribution in [2.75, 3.05) is 11.9 Å². The minimum Gasteiger partial charge on any atom is -0.491 e. The van der Waals surface area contributed by atoms with Crippen molar-refractivity contribution < 1.29 is 19.1 Å². The van der Waals surface area contributed by atoms with Crippen molar-refractivity contribution in [1.82, 2.24) is 10.2 Å². The van der Waals surface area contributed by atoms with Crippen LogP contribution in [0.1, 0.15) is 31.9 Å². The summed E-state index contributed by atoms with van der Waals surface area (Å²) >= 11 is 0. The Kier molecular flexibility index (Phi) is 6.51. The van der Waals surface area contributed by atoms with Gasteiger partial charge in [0.25, 0.3) is 5.91 Å². The Hall–Kier alpha value is -3.61. The molecule has 7 nitrogen and oxygen atoms in total. The molecule has 156 valence electrons. The molecule has 0 aliphatic carbocycles. The van der Waals surface area contributed by atoms with Crippen molar-refractivity contribution in [3.05, 3.63) is 65.4 Å². The summed E-state index contributed by atoms with van der Waals surface area (Å²) in [6.07, 6.45) is 2.39. The number of benzene rings is 2. The number of carbonyl (C=O) groups is 3. The van der Waals surface area contributed by atoms with E-state index in [-0.39, 0.29) is 18.3 Å². The van der Waals surface area contributed by atoms with Crippen LogP contribution in [0.15, 0.2) is 54.2 Å². The Morgan fingerprint density at radius 2 is 1.83 bits per heavy atom. The standard InChI is InChI=1S/C23H25N3O4/c1-4-17-7-5-6-8-19(17)24-21(27)14-26-22(28)20(25-23(26)29)13-16-9-11-18(12-10-16)30-15(2)3/h5-13,15H,4,14H2,1-3H3,(H,24,27)(H,25,29)/b20-13+. The van der Waals surface area contributed by atoms with Gasteiger partial charge >= 0.3 is 6.03 Å². The van der Waals surface area contributed by atoms with Gasteiger partial charge in [0.1, 0.15) is 18.0 Å². The number of nitrogens with one attached hydrogen (secondary N) is 2. The first-order valence-electron chi connectivity index (χ1n) is 9.86. The molecule has 1 aliphatic heterocycles. The highest BCUT2D eigenvalue weighted by atomic mass is 16.5. The Morgan fingerprint density at radius 3 is 2.50 bits per heavy atom. The van der Waals surface area contributed by atoms with Crippen LogP contribution in [0.3, 0.4) is 0 Å². The number of aryl methyl sites for hydroxylation is 1. The first kappa shape index (κ1) is 21.1. The van der Waals surface area contributed by atoms with E-state index in [2.05, 4.69) is 10.6 Å². The molecule has 2 N–H and O–H groups in total. The van der Waals surface area contributed by atoms with Crippen LogP contribution in [0.4, 0.5) is 10.5 Å². The second-order valence-corrected chi connectivity index (χ2v) is 7.17. The van der Waals surface area contributed by atoms with E-state index in [0.717, 1.165) is 28.2 Å². The average molecular weight is 407 g/mol. The van der Waals surface area contributed by atoms with E-state index >= 15 is 0 Å². The predicted octanol–water partition coefficient (Wildman–Crippen LogP) is 3.57. The van der Waals surface area contributed by atoms with Gasteiger partial charge in [-0.25, -0.2) is 9.69 Å². The third-order valence-electron chi connectivity index (χ3n) is 4.50. The minimum atomic E-state index is -0.620. The lowest BCUT2D eigenvalue weighted by Gasteiger charge is -2.13. The lowest BCUT2D eigenvalue weighted by molar-refractivity contribution is -0.127. The van der Waals surface area contributed by atoms with Gasteiger partial charge in [-0.1, -0.05) is 37.3 Å². The molecule has 4 amide bonds. The van der Waals surface area contributed by atoms with Gasteiger partial charge in [-0.05, 0) is 55.7 Å². The molecule has 0 unspecified atom stereocenters. The van der Waals surface area contributed by atoms with Gasteiger partial charge in [0.05, 0.1) is 6.10 Å². The maximum absolute atomic E-state index is 12.6. The molecule has 2 aromatic carbocycles. The molecule has 7 heteroatoms. The highest BCUT2D eigenvalue weighted by Crippen LogP contribution is 2.19. The molecular weight excluding hydrogens is 382 g/mol. The van der Waals surface area contributed by atoms with Crippen molar-refractivity contribution in [1.29, 1.82) is 0 Å². The Morgan fingerprint density at radius 1 is 1.13 bits per heavy atom. The molecular formula is C23H25N3O4. The van der Waals surface area contributed by atoms with Crippen LogP contribution >= 0.6 is 0 Å². The lowest BCUT2D eigenvalue weighted by Crippen LogP contribution is -2.38. The zero-order valence-corrected chi connectivity index (χ0v) is 17.3. The predicted molar refractivity (Wildman–Crippen MR) is 115 cm³/mol. The molecule has 30 heavy (non-hydrogen) atoms. The summed E-state index contributed by atoms with van der Waals surface area (Å²) in [4.78, 5) is 38.1. The lowest BCUT2D eigenvalue weighted by atomic mass is 10.1. The summed E-state index contributed by atoms with van der Waals surface area (Å²) < 4.78 is 5.59. The smallest absolute Gasteiger partial charge is 0.329 e. The van der Waals surface area contributed by atoms with Crippen LogP contribution < -0.4 is 15.4 Å². The molecule has 1 fully saturated rings. The van der Waals surface area contributed by atoms with Crippen LogP contribution in [0.5, 0.6) is 5.75 Å². The van der Waals surface area contributed by atoms with Gasteiger partial charge in [0.2, 0.25) is 5.91 Å². The summed E-state index contributed by atoms with van der Waals surface area (Å²) in [6.45, 7) is 5.50. The summed E-state index contributed by atoms with van der Waals surface area (Å²) in [5.41, 5.74) is 2.52. The Balaban J connectivity index is 1.67. The molecule has 0 radical (unpaired) electrons. The summed E-state index contributed by atoms with van der Waals surface area (Å²) in [5.74, 6) is -0.253. The van der Waals surface area contributed by atoms with Gasteiger partial charge < -0.3 is 15.4 Å².